The maximum Gasteiger partial charge on any atom is 0.262 e. The molecule has 2 saturated heterocycles. The first kappa shape index (κ1) is 19.3. The second kappa shape index (κ2) is 7.57. The minimum Gasteiger partial charge on any atom is -0.388 e. The highest BCUT2D eigenvalue weighted by Crippen LogP contribution is 2.38. The van der Waals surface area contributed by atoms with Crippen molar-refractivity contribution in [1.82, 2.24) is 4.90 Å². The van der Waals surface area contributed by atoms with Gasteiger partial charge in [0.2, 0.25) is 0 Å². The van der Waals surface area contributed by atoms with E-state index >= 15 is 0 Å². The molecule has 8 nitrogen and oxygen atoms in total. The molecular formula is C22H21NO7. The van der Waals surface area contributed by atoms with Crippen LogP contribution in [0.15, 0.2) is 54.6 Å². The lowest BCUT2D eigenvalue weighted by Gasteiger charge is -2.49. The molecule has 2 unspecified atom stereocenters. The maximum atomic E-state index is 13.0. The minimum absolute atomic E-state index is 0.177. The second-order valence-electron chi connectivity index (χ2n) is 7.46. The van der Waals surface area contributed by atoms with Gasteiger partial charge in [-0.2, -0.15) is 0 Å². The normalized spacial score (nSPS) is 33.3. The van der Waals surface area contributed by atoms with Crippen molar-refractivity contribution in [3.63, 3.8) is 0 Å². The molecular weight excluding hydrogens is 390 g/mol. The van der Waals surface area contributed by atoms with Gasteiger partial charge in [-0.1, -0.05) is 42.5 Å². The number of fused-ring (bicyclic) bond motifs is 2. The highest BCUT2D eigenvalue weighted by atomic mass is 16.7. The van der Waals surface area contributed by atoms with E-state index in [1.54, 1.807) is 24.3 Å². The molecule has 6 atom stereocenters. The molecule has 3 aliphatic heterocycles. The molecule has 0 spiro atoms. The van der Waals surface area contributed by atoms with Crippen LogP contribution in [0.2, 0.25) is 0 Å². The largest absolute Gasteiger partial charge is 0.388 e. The first-order valence-electron chi connectivity index (χ1n) is 9.75. The van der Waals surface area contributed by atoms with Gasteiger partial charge >= 0.3 is 0 Å². The number of ether oxygens (including phenoxy) is 4. The fourth-order valence-electron chi connectivity index (χ4n) is 4.31. The van der Waals surface area contributed by atoms with Crippen LogP contribution in [0.4, 0.5) is 0 Å². The number of carbonyl (C=O) groups is 2. The number of imide groups is 1. The van der Waals surface area contributed by atoms with Gasteiger partial charge in [0.05, 0.1) is 17.7 Å². The van der Waals surface area contributed by atoms with E-state index < -0.39 is 48.7 Å². The van der Waals surface area contributed by atoms with E-state index in [-0.39, 0.29) is 6.61 Å². The molecule has 3 aliphatic rings. The number of nitrogens with zero attached hydrogens (tertiary/aromatic N) is 1. The van der Waals surface area contributed by atoms with Crippen LogP contribution in [0.3, 0.4) is 0 Å². The Morgan fingerprint density at radius 1 is 0.967 bits per heavy atom. The summed E-state index contributed by atoms with van der Waals surface area (Å²) in [5, 5.41) is 11.2. The van der Waals surface area contributed by atoms with Crippen molar-refractivity contribution in [3.8, 4) is 0 Å². The Balaban J connectivity index is 1.45. The van der Waals surface area contributed by atoms with Gasteiger partial charge in [-0.15, -0.1) is 0 Å². The number of rotatable bonds is 3. The number of hydrogen-bond donors (Lipinski definition) is 1. The Morgan fingerprint density at radius 2 is 1.60 bits per heavy atom. The van der Waals surface area contributed by atoms with Crippen molar-refractivity contribution >= 4 is 11.8 Å². The van der Waals surface area contributed by atoms with Gasteiger partial charge in [0.1, 0.15) is 24.4 Å². The molecule has 8 heteroatoms. The predicted octanol–water partition coefficient (Wildman–Crippen LogP) is 1.50. The standard InChI is InChI=1S/C22H21NO7/c1-27-22-16(23-19(25)13-9-5-6-10-14(13)20(23)26)17(24)18-15(29-22)11-28-21(30-18)12-7-3-2-4-8-12/h2-10,15-18,21-22,24H,11H2,1H3/t15-,16-,17-,18?,21?,22-/m1/s1. The Morgan fingerprint density at radius 3 is 2.23 bits per heavy atom. The number of hydrogen-bond acceptors (Lipinski definition) is 7. The number of carbonyl (C=O) groups excluding carboxylic acids is 2. The smallest absolute Gasteiger partial charge is 0.262 e. The summed E-state index contributed by atoms with van der Waals surface area (Å²) >= 11 is 0. The summed E-state index contributed by atoms with van der Waals surface area (Å²) in [6, 6.07) is 14.8. The molecule has 2 aromatic carbocycles. The topological polar surface area (TPSA) is 94.5 Å². The molecule has 156 valence electrons. The molecule has 2 amide bonds. The van der Waals surface area contributed by atoms with Crippen molar-refractivity contribution in [3.05, 3.63) is 71.3 Å². The molecule has 2 fully saturated rings. The average Bonchev–Trinajstić information content (AvgIpc) is 3.04. The molecule has 30 heavy (non-hydrogen) atoms. The van der Waals surface area contributed by atoms with Crippen molar-refractivity contribution in [2.24, 2.45) is 0 Å². The van der Waals surface area contributed by atoms with E-state index in [1.165, 1.54) is 7.11 Å². The zero-order valence-corrected chi connectivity index (χ0v) is 16.2. The molecule has 0 radical (unpaired) electrons. The number of aliphatic hydroxyl groups excluding tert-OH is 1. The first-order chi connectivity index (χ1) is 14.6. The van der Waals surface area contributed by atoms with Gasteiger partial charge in [-0.3, -0.25) is 14.5 Å². The third kappa shape index (κ3) is 2.96. The molecule has 0 aliphatic carbocycles. The molecule has 0 saturated carbocycles. The summed E-state index contributed by atoms with van der Waals surface area (Å²) in [6.45, 7) is 0.177. The van der Waals surface area contributed by atoms with Gasteiger partial charge in [0.25, 0.3) is 11.8 Å². The molecule has 3 heterocycles. The van der Waals surface area contributed by atoms with Crippen LogP contribution in [0.1, 0.15) is 32.6 Å². The van der Waals surface area contributed by atoms with Crippen molar-refractivity contribution < 1.29 is 33.6 Å². The van der Waals surface area contributed by atoms with E-state index in [0.717, 1.165) is 10.5 Å². The first-order valence-corrected chi connectivity index (χ1v) is 9.75. The molecule has 5 rings (SSSR count). The summed E-state index contributed by atoms with van der Waals surface area (Å²) in [5.41, 5.74) is 1.39. The molecule has 0 aromatic heterocycles. The minimum atomic E-state index is -1.22. The zero-order chi connectivity index (χ0) is 20.8. The SMILES string of the molecule is CO[C@@H]1O[C@@H]2COC(c3ccccc3)OC2[C@H](O)[C@H]1N1C(=O)c2ccccc2C1=O. The average molecular weight is 411 g/mol. The fraction of sp³-hybridized carbons (Fsp3) is 0.364. The number of amides is 2. The van der Waals surface area contributed by atoms with Gasteiger partial charge in [-0.25, -0.2) is 0 Å². The van der Waals surface area contributed by atoms with Crippen molar-refractivity contribution in [1.29, 1.82) is 0 Å². The summed E-state index contributed by atoms with van der Waals surface area (Å²) in [7, 11) is 1.40. The molecule has 2 aromatic rings. The Hall–Kier alpha value is -2.62. The fourth-order valence-corrected chi connectivity index (χ4v) is 4.31. The van der Waals surface area contributed by atoms with Crippen LogP contribution < -0.4 is 0 Å². The van der Waals surface area contributed by atoms with E-state index in [9.17, 15) is 14.7 Å². The number of benzene rings is 2. The highest BCUT2D eigenvalue weighted by molar-refractivity contribution is 6.21. The van der Waals surface area contributed by atoms with E-state index in [2.05, 4.69) is 0 Å². The Kier molecular flexibility index (Phi) is 4.88. The van der Waals surface area contributed by atoms with Crippen molar-refractivity contribution in [2.75, 3.05) is 13.7 Å². The number of aliphatic hydroxyl groups is 1. The van der Waals surface area contributed by atoms with Gasteiger partial charge in [0, 0.05) is 12.7 Å². The van der Waals surface area contributed by atoms with Gasteiger partial charge < -0.3 is 24.1 Å². The molecule has 1 N–H and O–H groups in total. The van der Waals surface area contributed by atoms with E-state index in [4.69, 9.17) is 18.9 Å². The molecule has 0 bridgehead atoms. The van der Waals surface area contributed by atoms with Crippen LogP contribution in [0.5, 0.6) is 0 Å². The van der Waals surface area contributed by atoms with Crippen LogP contribution in [0, 0.1) is 0 Å². The summed E-state index contributed by atoms with van der Waals surface area (Å²) in [6.07, 6.45) is -4.32. The number of methoxy groups -OCH3 is 1. The predicted molar refractivity (Wildman–Crippen MR) is 102 cm³/mol. The lowest BCUT2D eigenvalue weighted by molar-refractivity contribution is -0.346. The van der Waals surface area contributed by atoms with Crippen LogP contribution in [-0.4, -0.2) is 66.2 Å². The van der Waals surface area contributed by atoms with Crippen LogP contribution >= 0.6 is 0 Å². The van der Waals surface area contributed by atoms with Gasteiger partial charge in [-0.05, 0) is 12.1 Å². The second-order valence-corrected chi connectivity index (χ2v) is 7.46. The monoisotopic (exact) mass is 411 g/mol. The van der Waals surface area contributed by atoms with Gasteiger partial charge in [0.15, 0.2) is 12.6 Å². The maximum absolute atomic E-state index is 13.0. The Bertz CT molecular complexity index is 930. The highest BCUT2D eigenvalue weighted by Gasteiger charge is 2.55. The van der Waals surface area contributed by atoms with Crippen molar-refractivity contribution in [2.45, 2.75) is 36.9 Å². The van der Waals surface area contributed by atoms with E-state index in [0.29, 0.717) is 11.1 Å². The summed E-state index contributed by atoms with van der Waals surface area (Å²) < 4.78 is 23.1. The zero-order valence-electron chi connectivity index (χ0n) is 16.2. The lowest BCUT2D eigenvalue weighted by Crippen LogP contribution is -2.67. The van der Waals surface area contributed by atoms with E-state index in [1.807, 2.05) is 30.3 Å². The third-order valence-corrected chi connectivity index (χ3v) is 5.76. The Labute approximate surface area is 172 Å². The lowest BCUT2D eigenvalue weighted by atomic mass is 9.94. The third-order valence-electron chi connectivity index (χ3n) is 5.76. The summed E-state index contributed by atoms with van der Waals surface area (Å²) in [4.78, 5) is 27.0. The van der Waals surface area contributed by atoms with Crippen LogP contribution in [0.25, 0.3) is 0 Å². The van der Waals surface area contributed by atoms with Crippen LogP contribution in [-0.2, 0) is 18.9 Å². The summed E-state index contributed by atoms with van der Waals surface area (Å²) in [5.74, 6) is -0.981. The quantitative estimate of drug-likeness (QED) is 0.765.